The number of nitrogens with zero attached hydrogens (tertiary/aromatic N) is 2. The van der Waals surface area contributed by atoms with Crippen molar-refractivity contribution >= 4 is 23.7 Å². The Morgan fingerprint density at radius 3 is 2.61 bits per heavy atom. The summed E-state index contributed by atoms with van der Waals surface area (Å²) in [5.41, 5.74) is 4.41. The lowest BCUT2D eigenvalue weighted by atomic mass is 10.2. The Balaban J connectivity index is 1.55. The van der Waals surface area contributed by atoms with Gasteiger partial charge in [-0.2, -0.15) is 5.10 Å². The van der Waals surface area contributed by atoms with E-state index in [1.807, 2.05) is 6.07 Å². The van der Waals surface area contributed by atoms with Crippen LogP contribution in [0.2, 0.25) is 0 Å². The smallest absolute Gasteiger partial charge is 0.271 e. The number of rotatable bonds is 5. The Morgan fingerprint density at radius 2 is 1.96 bits per heavy atom. The molecule has 0 saturated heterocycles. The number of hydrogen-bond acceptors (Lipinski definition) is 4. The van der Waals surface area contributed by atoms with Crippen molar-refractivity contribution in [3.63, 3.8) is 0 Å². The molecule has 0 bridgehead atoms. The predicted molar refractivity (Wildman–Crippen MR) is 87.1 cm³/mol. The number of hydrazone groups is 1. The minimum atomic E-state index is -0.315. The molecular formula is C17H16N4O2. The molecule has 0 spiro atoms. The van der Waals surface area contributed by atoms with Crippen molar-refractivity contribution < 1.29 is 9.59 Å². The van der Waals surface area contributed by atoms with Crippen molar-refractivity contribution in [3.05, 3.63) is 59.9 Å². The van der Waals surface area contributed by atoms with Crippen LogP contribution in [0.15, 0.2) is 53.9 Å². The molecule has 2 aromatic rings. The highest BCUT2D eigenvalue weighted by Crippen LogP contribution is 2.30. The van der Waals surface area contributed by atoms with Gasteiger partial charge in [-0.05, 0) is 43.2 Å². The molecule has 2 N–H and O–H groups in total. The molecule has 116 valence electrons. The van der Waals surface area contributed by atoms with Crippen molar-refractivity contribution in [2.45, 2.75) is 12.8 Å². The van der Waals surface area contributed by atoms with E-state index in [1.54, 1.807) is 42.7 Å². The number of aromatic nitrogens is 1. The fraction of sp³-hybridized carbons (Fsp3) is 0.176. The number of nitrogens with one attached hydrogen (secondary N) is 2. The van der Waals surface area contributed by atoms with Crippen LogP contribution >= 0.6 is 0 Å². The van der Waals surface area contributed by atoms with Crippen LogP contribution < -0.4 is 10.7 Å². The van der Waals surface area contributed by atoms with Gasteiger partial charge in [-0.25, -0.2) is 5.43 Å². The summed E-state index contributed by atoms with van der Waals surface area (Å²) >= 11 is 0. The lowest BCUT2D eigenvalue weighted by molar-refractivity contribution is -0.117. The zero-order chi connectivity index (χ0) is 16.1. The summed E-state index contributed by atoms with van der Waals surface area (Å²) in [6, 6.07) is 10.3. The van der Waals surface area contributed by atoms with E-state index in [0.29, 0.717) is 11.3 Å². The zero-order valence-electron chi connectivity index (χ0n) is 12.4. The van der Waals surface area contributed by atoms with Crippen molar-refractivity contribution in [3.8, 4) is 0 Å². The molecular weight excluding hydrogens is 292 g/mol. The largest absolute Gasteiger partial charge is 0.326 e. The minimum Gasteiger partial charge on any atom is -0.326 e. The van der Waals surface area contributed by atoms with E-state index in [0.717, 1.165) is 18.4 Å². The minimum absolute atomic E-state index is 0.0447. The van der Waals surface area contributed by atoms with Crippen LogP contribution in [0, 0.1) is 5.92 Å². The molecule has 0 radical (unpaired) electrons. The predicted octanol–water partition coefficient (Wildman–Crippen LogP) is 2.19. The molecule has 23 heavy (non-hydrogen) atoms. The topological polar surface area (TPSA) is 83.4 Å². The fourth-order valence-corrected chi connectivity index (χ4v) is 1.98. The Labute approximate surface area is 133 Å². The van der Waals surface area contributed by atoms with Crippen LogP contribution in [0.1, 0.15) is 28.8 Å². The van der Waals surface area contributed by atoms with Crippen molar-refractivity contribution in [2.75, 3.05) is 5.32 Å². The molecule has 1 aromatic heterocycles. The number of pyridine rings is 1. The highest BCUT2D eigenvalue weighted by molar-refractivity contribution is 5.97. The summed E-state index contributed by atoms with van der Waals surface area (Å²) in [4.78, 5) is 27.6. The molecule has 2 amide bonds. The normalized spacial score (nSPS) is 13.7. The van der Waals surface area contributed by atoms with Crippen molar-refractivity contribution in [1.82, 2.24) is 10.4 Å². The summed E-state index contributed by atoms with van der Waals surface area (Å²) in [5.74, 6) is -0.117. The molecule has 1 aromatic carbocycles. The van der Waals surface area contributed by atoms with Crippen LogP contribution in [-0.2, 0) is 4.79 Å². The molecule has 6 nitrogen and oxygen atoms in total. The number of carbonyl (C=O) groups is 2. The lowest BCUT2D eigenvalue weighted by Crippen LogP contribution is -2.18. The van der Waals surface area contributed by atoms with Crippen LogP contribution in [0.4, 0.5) is 5.69 Å². The summed E-state index contributed by atoms with van der Waals surface area (Å²) in [5, 5.41) is 6.71. The maximum Gasteiger partial charge on any atom is 0.271 e. The van der Waals surface area contributed by atoms with Gasteiger partial charge >= 0.3 is 0 Å². The van der Waals surface area contributed by atoms with E-state index < -0.39 is 0 Å². The monoisotopic (exact) mass is 308 g/mol. The van der Waals surface area contributed by atoms with E-state index in [1.165, 1.54) is 6.21 Å². The highest BCUT2D eigenvalue weighted by atomic mass is 16.2. The second-order valence-corrected chi connectivity index (χ2v) is 5.33. The van der Waals surface area contributed by atoms with Gasteiger partial charge in [0.2, 0.25) is 5.91 Å². The Bertz CT molecular complexity index is 722. The number of carbonyl (C=O) groups excluding carboxylic acids is 2. The van der Waals surface area contributed by atoms with E-state index >= 15 is 0 Å². The third kappa shape index (κ3) is 4.23. The summed E-state index contributed by atoms with van der Waals surface area (Å²) in [6.45, 7) is 0. The molecule has 0 atom stereocenters. The average molecular weight is 308 g/mol. The molecule has 3 rings (SSSR count). The fourth-order valence-electron chi connectivity index (χ4n) is 1.98. The lowest BCUT2D eigenvalue weighted by Gasteiger charge is -2.05. The van der Waals surface area contributed by atoms with Crippen LogP contribution in [0.25, 0.3) is 0 Å². The van der Waals surface area contributed by atoms with Gasteiger partial charge in [0.15, 0.2) is 0 Å². The van der Waals surface area contributed by atoms with Crippen molar-refractivity contribution in [1.29, 1.82) is 0 Å². The average Bonchev–Trinajstić information content (AvgIpc) is 3.41. The summed E-state index contributed by atoms with van der Waals surface area (Å²) in [6.07, 6.45) is 6.75. The molecule has 1 heterocycles. The number of amides is 2. The van der Waals surface area contributed by atoms with Gasteiger partial charge < -0.3 is 5.32 Å². The Kier molecular flexibility index (Phi) is 4.42. The van der Waals surface area contributed by atoms with E-state index in [2.05, 4.69) is 20.8 Å². The number of benzene rings is 1. The van der Waals surface area contributed by atoms with Gasteiger partial charge in [0.25, 0.3) is 5.91 Å². The third-order valence-corrected chi connectivity index (χ3v) is 3.43. The molecule has 1 fully saturated rings. The first-order chi connectivity index (χ1) is 11.2. The summed E-state index contributed by atoms with van der Waals surface area (Å²) in [7, 11) is 0. The molecule has 1 aliphatic carbocycles. The zero-order valence-corrected chi connectivity index (χ0v) is 12.4. The van der Waals surface area contributed by atoms with E-state index in [4.69, 9.17) is 0 Å². The van der Waals surface area contributed by atoms with Gasteiger partial charge in [-0.15, -0.1) is 0 Å². The van der Waals surface area contributed by atoms with Gasteiger partial charge in [0, 0.05) is 35.1 Å². The first-order valence-corrected chi connectivity index (χ1v) is 7.37. The van der Waals surface area contributed by atoms with Gasteiger partial charge in [-0.1, -0.05) is 6.07 Å². The third-order valence-electron chi connectivity index (χ3n) is 3.43. The van der Waals surface area contributed by atoms with Crippen LogP contribution in [0.5, 0.6) is 0 Å². The Morgan fingerprint density at radius 1 is 1.17 bits per heavy atom. The molecule has 1 aliphatic rings. The highest BCUT2D eigenvalue weighted by Gasteiger charge is 2.29. The van der Waals surface area contributed by atoms with Gasteiger partial charge in [0.05, 0.1) is 6.21 Å². The number of hydrogen-bond donors (Lipinski definition) is 2. The maximum atomic E-state index is 12.0. The second kappa shape index (κ2) is 6.83. The maximum absolute atomic E-state index is 12.0. The quantitative estimate of drug-likeness (QED) is 0.656. The van der Waals surface area contributed by atoms with E-state index in [9.17, 15) is 9.59 Å². The first-order valence-electron chi connectivity index (χ1n) is 7.37. The molecule has 0 unspecified atom stereocenters. The van der Waals surface area contributed by atoms with Gasteiger partial charge in [-0.3, -0.25) is 14.6 Å². The standard InChI is InChI=1S/C17H16N4O2/c22-16(13-3-4-13)20-15-7-5-14(6-8-15)17(23)21-19-11-12-2-1-9-18-10-12/h1-2,5-11,13H,3-4H2,(H,20,22)(H,21,23)/b19-11+. The molecule has 1 saturated carbocycles. The summed E-state index contributed by atoms with van der Waals surface area (Å²) < 4.78 is 0. The van der Waals surface area contributed by atoms with Crippen LogP contribution in [-0.4, -0.2) is 23.0 Å². The second-order valence-electron chi connectivity index (χ2n) is 5.33. The SMILES string of the molecule is O=C(N/N=C/c1cccnc1)c1ccc(NC(=O)C2CC2)cc1. The first kappa shape index (κ1) is 14.9. The van der Waals surface area contributed by atoms with E-state index in [-0.39, 0.29) is 17.7 Å². The molecule has 0 aliphatic heterocycles. The molecule has 6 heteroatoms. The van der Waals surface area contributed by atoms with Gasteiger partial charge in [0.1, 0.15) is 0 Å². The van der Waals surface area contributed by atoms with Crippen molar-refractivity contribution in [2.24, 2.45) is 11.0 Å². The Hall–Kier alpha value is -3.02. The number of anilines is 1. The van der Waals surface area contributed by atoms with Crippen LogP contribution in [0.3, 0.4) is 0 Å².